The molecule has 0 radical (unpaired) electrons. The van der Waals surface area contributed by atoms with Gasteiger partial charge < -0.3 is 14.7 Å². The molecular weight excluding hydrogens is 327 g/mol. The minimum atomic E-state index is -4.85. The van der Waals surface area contributed by atoms with Crippen LogP contribution in [0.4, 0.5) is 18.9 Å². The lowest BCUT2D eigenvalue weighted by Crippen LogP contribution is -2.15. The molecule has 24 heavy (non-hydrogen) atoms. The molecule has 0 atom stereocenters. The van der Waals surface area contributed by atoms with Crippen molar-refractivity contribution in [1.29, 1.82) is 0 Å². The number of hydrogen-bond acceptors (Lipinski definition) is 5. The van der Waals surface area contributed by atoms with Crippen molar-refractivity contribution < 1.29 is 27.8 Å². The van der Waals surface area contributed by atoms with Crippen LogP contribution < -0.4 is 9.64 Å². The molecule has 2 heterocycles. The van der Waals surface area contributed by atoms with E-state index in [1.165, 1.54) is 13.2 Å². The molecular formula is C15H14F3N3O3. The van der Waals surface area contributed by atoms with Crippen molar-refractivity contribution in [2.75, 3.05) is 25.6 Å². The van der Waals surface area contributed by atoms with Crippen molar-refractivity contribution in [3.8, 4) is 17.3 Å². The van der Waals surface area contributed by atoms with Crippen LogP contribution in [0.25, 0.3) is 5.69 Å². The second kappa shape index (κ2) is 5.43. The number of alkyl halides is 3. The van der Waals surface area contributed by atoms with Gasteiger partial charge in [-0.3, -0.25) is 9.36 Å². The number of methoxy groups -OCH3 is 1. The minimum Gasteiger partial charge on any atom is -0.494 e. The Bertz CT molecular complexity index is 815. The number of hydrogen-bond donors (Lipinski definition) is 1. The van der Waals surface area contributed by atoms with Gasteiger partial charge in [-0.2, -0.15) is 13.2 Å². The first-order valence-electron chi connectivity index (χ1n) is 7.04. The molecule has 0 unspecified atom stereocenters. The van der Waals surface area contributed by atoms with Crippen LogP contribution in [0.5, 0.6) is 11.6 Å². The summed E-state index contributed by atoms with van der Waals surface area (Å²) in [5, 5.41) is 10.1. The number of fused-ring (bicyclic) bond motifs is 1. The van der Waals surface area contributed by atoms with Crippen molar-refractivity contribution in [2.45, 2.75) is 12.6 Å². The molecule has 1 aliphatic heterocycles. The third kappa shape index (κ3) is 2.36. The van der Waals surface area contributed by atoms with Crippen molar-refractivity contribution in [3.05, 3.63) is 29.2 Å². The number of benzene rings is 1. The number of imidazole rings is 1. The van der Waals surface area contributed by atoms with Gasteiger partial charge in [-0.25, -0.2) is 4.98 Å². The molecule has 0 amide bonds. The molecule has 0 bridgehead atoms. The number of aromatic nitrogens is 2. The number of carbonyl (C=O) groups excluding carboxylic acids is 1. The smallest absolute Gasteiger partial charge is 0.450 e. The van der Waals surface area contributed by atoms with Gasteiger partial charge in [0.2, 0.25) is 11.7 Å². The standard InChI is InChI=1S/C15H14F3N3O3/c1-20-4-3-8-5-11(12(24-2)6-10(8)20)21-13(23)9(7-22)19-14(21)15(16,17)18/h5-7,23H,3-4H2,1-2H3. The second-order valence-corrected chi connectivity index (χ2v) is 5.42. The summed E-state index contributed by atoms with van der Waals surface area (Å²) in [7, 11) is 3.19. The molecule has 0 spiro atoms. The molecule has 2 aromatic rings. The summed E-state index contributed by atoms with van der Waals surface area (Å²) in [4.78, 5) is 16.1. The molecule has 0 saturated carbocycles. The van der Waals surface area contributed by atoms with E-state index < -0.39 is 23.6 Å². The summed E-state index contributed by atoms with van der Waals surface area (Å²) in [5.74, 6) is -2.12. The summed E-state index contributed by atoms with van der Waals surface area (Å²) in [5.41, 5.74) is 0.973. The van der Waals surface area contributed by atoms with E-state index in [2.05, 4.69) is 4.98 Å². The number of aldehydes is 1. The van der Waals surface area contributed by atoms with Crippen LogP contribution in [0.2, 0.25) is 0 Å². The number of aromatic hydroxyl groups is 1. The number of ether oxygens (including phenoxy) is 1. The van der Waals surface area contributed by atoms with Crippen molar-refractivity contribution in [1.82, 2.24) is 9.55 Å². The lowest BCUT2D eigenvalue weighted by atomic mass is 10.1. The van der Waals surface area contributed by atoms with Gasteiger partial charge in [0.1, 0.15) is 5.75 Å². The number of anilines is 1. The number of nitrogens with zero attached hydrogens (tertiary/aromatic N) is 3. The molecule has 1 N–H and O–H groups in total. The normalized spacial score (nSPS) is 14.0. The van der Waals surface area contributed by atoms with Gasteiger partial charge in [0.25, 0.3) is 0 Å². The van der Waals surface area contributed by atoms with E-state index in [0.29, 0.717) is 11.0 Å². The van der Waals surface area contributed by atoms with Gasteiger partial charge in [-0.15, -0.1) is 0 Å². The fraction of sp³-hybridized carbons (Fsp3) is 0.333. The summed E-state index contributed by atoms with van der Waals surface area (Å²) in [6.45, 7) is 0.726. The monoisotopic (exact) mass is 341 g/mol. The molecule has 128 valence electrons. The SMILES string of the molecule is COc1cc2c(cc1-n1c(C(F)(F)F)nc(C=O)c1O)CCN2C. The predicted molar refractivity (Wildman–Crippen MR) is 79.1 cm³/mol. The molecule has 1 aliphatic rings. The van der Waals surface area contributed by atoms with Crippen molar-refractivity contribution >= 4 is 12.0 Å². The average molecular weight is 341 g/mol. The second-order valence-electron chi connectivity index (χ2n) is 5.42. The molecule has 1 aromatic heterocycles. The summed E-state index contributed by atoms with van der Waals surface area (Å²) in [6.07, 6.45) is -4.12. The summed E-state index contributed by atoms with van der Waals surface area (Å²) in [6, 6.07) is 3.13. The first kappa shape index (κ1) is 16.2. The Kier molecular flexibility index (Phi) is 3.66. The fourth-order valence-electron chi connectivity index (χ4n) is 2.83. The Morgan fingerprint density at radius 1 is 1.33 bits per heavy atom. The van der Waals surface area contributed by atoms with Crippen LogP contribution in [-0.4, -0.2) is 41.6 Å². The molecule has 0 fully saturated rings. The van der Waals surface area contributed by atoms with Gasteiger partial charge in [0.05, 0.1) is 12.8 Å². The van der Waals surface area contributed by atoms with Crippen LogP contribution in [-0.2, 0) is 12.6 Å². The Labute approximate surface area is 135 Å². The summed E-state index contributed by atoms with van der Waals surface area (Å²) >= 11 is 0. The Hall–Kier alpha value is -2.71. The van der Waals surface area contributed by atoms with Crippen LogP contribution >= 0.6 is 0 Å². The Morgan fingerprint density at radius 2 is 2.04 bits per heavy atom. The molecule has 0 aliphatic carbocycles. The first-order valence-corrected chi connectivity index (χ1v) is 7.04. The highest BCUT2D eigenvalue weighted by atomic mass is 19.4. The van der Waals surface area contributed by atoms with E-state index in [-0.39, 0.29) is 17.7 Å². The molecule has 9 heteroatoms. The topological polar surface area (TPSA) is 67.6 Å². The van der Waals surface area contributed by atoms with Crippen LogP contribution in [0.3, 0.4) is 0 Å². The largest absolute Gasteiger partial charge is 0.494 e. The van der Waals surface area contributed by atoms with Gasteiger partial charge in [-0.05, 0) is 18.1 Å². The number of halogens is 3. The maximum absolute atomic E-state index is 13.3. The maximum Gasteiger partial charge on any atom is 0.450 e. The first-order chi connectivity index (χ1) is 11.3. The Morgan fingerprint density at radius 3 is 2.62 bits per heavy atom. The van der Waals surface area contributed by atoms with E-state index >= 15 is 0 Å². The highest BCUT2D eigenvalue weighted by Crippen LogP contribution is 2.41. The van der Waals surface area contributed by atoms with E-state index in [0.717, 1.165) is 17.8 Å². The summed E-state index contributed by atoms with van der Waals surface area (Å²) < 4.78 is 45.5. The fourth-order valence-corrected chi connectivity index (χ4v) is 2.83. The molecule has 1 aromatic carbocycles. The van der Waals surface area contributed by atoms with Crippen LogP contribution in [0.1, 0.15) is 21.9 Å². The number of rotatable bonds is 3. The quantitative estimate of drug-likeness (QED) is 0.869. The third-order valence-electron chi connectivity index (χ3n) is 3.99. The number of likely N-dealkylation sites (N-methyl/N-ethyl adjacent to an activating group) is 1. The maximum atomic E-state index is 13.3. The third-order valence-corrected chi connectivity index (χ3v) is 3.99. The lowest BCUT2D eigenvalue weighted by Gasteiger charge is -2.18. The van der Waals surface area contributed by atoms with Gasteiger partial charge >= 0.3 is 6.18 Å². The highest BCUT2D eigenvalue weighted by Gasteiger charge is 2.40. The highest BCUT2D eigenvalue weighted by molar-refractivity contribution is 5.77. The van der Waals surface area contributed by atoms with Crippen LogP contribution in [0.15, 0.2) is 12.1 Å². The zero-order chi connectivity index (χ0) is 17.6. The lowest BCUT2D eigenvalue weighted by molar-refractivity contribution is -0.146. The van der Waals surface area contributed by atoms with Crippen LogP contribution in [0, 0.1) is 0 Å². The molecule has 6 nitrogen and oxygen atoms in total. The number of carbonyl (C=O) groups is 1. The van der Waals surface area contributed by atoms with Gasteiger partial charge in [0.15, 0.2) is 12.0 Å². The molecule has 0 saturated heterocycles. The Balaban J connectivity index is 2.30. The van der Waals surface area contributed by atoms with Crippen molar-refractivity contribution in [3.63, 3.8) is 0 Å². The predicted octanol–water partition coefficient (Wildman–Crippen LogP) is 2.41. The van der Waals surface area contributed by atoms with Gasteiger partial charge in [-0.1, -0.05) is 0 Å². The molecule has 3 rings (SSSR count). The van der Waals surface area contributed by atoms with Gasteiger partial charge in [0, 0.05) is 25.3 Å². The van der Waals surface area contributed by atoms with E-state index in [1.807, 2.05) is 11.9 Å². The zero-order valence-corrected chi connectivity index (χ0v) is 12.9. The minimum absolute atomic E-state index is 0.0167. The van der Waals surface area contributed by atoms with Crippen molar-refractivity contribution in [2.24, 2.45) is 0 Å². The van der Waals surface area contributed by atoms with E-state index in [4.69, 9.17) is 4.74 Å². The van der Waals surface area contributed by atoms with E-state index in [1.54, 1.807) is 6.07 Å². The van der Waals surface area contributed by atoms with E-state index in [9.17, 15) is 23.1 Å². The average Bonchev–Trinajstić information content (AvgIpc) is 3.06. The zero-order valence-electron chi connectivity index (χ0n) is 12.9.